The molecule has 12 heteroatoms. The Kier molecular flexibility index (Phi) is 9.92. The molecular formula is C18H24N4O8. The minimum absolute atomic E-state index is 0.00685. The third-order valence-electron chi connectivity index (χ3n) is 3.87. The molecule has 0 fully saturated rings. The van der Waals surface area contributed by atoms with Crippen molar-refractivity contribution in [3.05, 3.63) is 35.9 Å². The van der Waals surface area contributed by atoms with E-state index in [1.807, 2.05) is 5.32 Å². The van der Waals surface area contributed by atoms with E-state index in [4.69, 9.17) is 21.1 Å². The summed E-state index contributed by atoms with van der Waals surface area (Å²) in [6.07, 6.45) is -0.813. The van der Waals surface area contributed by atoms with E-state index < -0.39 is 67.4 Å². The lowest BCUT2D eigenvalue weighted by molar-refractivity contribution is -0.141. The Morgan fingerprint density at radius 3 is 2.00 bits per heavy atom. The topological polar surface area (TPSA) is 208 Å². The van der Waals surface area contributed by atoms with Gasteiger partial charge in [-0.1, -0.05) is 30.3 Å². The van der Waals surface area contributed by atoms with Gasteiger partial charge in [-0.05, 0) is 5.56 Å². The minimum atomic E-state index is -1.57. The molecule has 0 heterocycles. The molecule has 1 aromatic rings. The summed E-state index contributed by atoms with van der Waals surface area (Å²) in [5.74, 6) is -5.47. The Morgan fingerprint density at radius 1 is 0.867 bits per heavy atom. The molecule has 0 spiro atoms. The van der Waals surface area contributed by atoms with Crippen LogP contribution in [0.15, 0.2) is 30.3 Å². The van der Waals surface area contributed by atoms with Crippen molar-refractivity contribution in [3.8, 4) is 0 Å². The van der Waals surface area contributed by atoms with E-state index in [1.165, 1.54) is 0 Å². The maximum atomic E-state index is 12.7. The number of aliphatic hydroxyl groups excluding tert-OH is 1. The zero-order valence-electron chi connectivity index (χ0n) is 15.9. The number of rotatable bonds is 12. The van der Waals surface area contributed by atoms with Gasteiger partial charge in [-0.25, -0.2) is 0 Å². The Balaban J connectivity index is 2.99. The van der Waals surface area contributed by atoms with Crippen LogP contribution >= 0.6 is 0 Å². The second kappa shape index (κ2) is 12.1. The van der Waals surface area contributed by atoms with Crippen LogP contribution in [0.3, 0.4) is 0 Å². The predicted molar refractivity (Wildman–Crippen MR) is 102 cm³/mol. The van der Waals surface area contributed by atoms with Gasteiger partial charge in [-0.15, -0.1) is 0 Å². The Labute approximate surface area is 171 Å². The average molecular weight is 424 g/mol. The largest absolute Gasteiger partial charge is 0.481 e. The second-order valence-corrected chi connectivity index (χ2v) is 6.31. The predicted octanol–water partition coefficient (Wildman–Crippen LogP) is -2.81. The Hall–Kier alpha value is -3.51. The normalized spacial score (nSPS) is 13.4. The Bertz CT molecular complexity index is 771. The molecule has 1 rings (SSSR count). The number of carboxylic acids is 2. The van der Waals surface area contributed by atoms with E-state index >= 15 is 0 Å². The molecule has 0 radical (unpaired) electrons. The molecular weight excluding hydrogens is 400 g/mol. The molecule has 164 valence electrons. The highest BCUT2D eigenvalue weighted by Crippen LogP contribution is 2.05. The molecule has 1 aromatic carbocycles. The van der Waals surface area contributed by atoms with Gasteiger partial charge in [0.25, 0.3) is 0 Å². The summed E-state index contributed by atoms with van der Waals surface area (Å²) in [6.45, 7) is -1.43. The molecule has 3 amide bonds. The van der Waals surface area contributed by atoms with Gasteiger partial charge in [0, 0.05) is 6.42 Å². The highest BCUT2D eigenvalue weighted by molar-refractivity contribution is 5.95. The van der Waals surface area contributed by atoms with Crippen LogP contribution in [0.4, 0.5) is 0 Å². The first-order chi connectivity index (χ1) is 14.1. The first-order valence-corrected chi connectivity index (χ1v) is 8.86. The summed E-state index contributed by atoms with van der Waals surface area (Å²) in [5.41, 5.74) is 6.10. The number of nitrogens with two attached hydrogens (primary N) is 1. The van der Waals surface area contributed by atoms with Gasteiger partial charge >= 0.3 is 11.9 Å². The molecule has 0 bridgehead atoms. The molecule has 12 nitrogen and oxygen atoms in total. The summed E-state index contributed by atoms with van der Waals surface area (Å²) >= 11 is 0. The quantitative estimate of drug-likeness (QED) is 0.184. The molecule has 3 unspecified atom stereocenters. The van der Waals surface area contributed by atoms with Gasteiger partial charge in [-0.3, -0.25) is 24.0 Å². The van der Waals surface area contributed by atoms with Crippen LogP contribution in [0.5, 0.6) is 0 Å². The van der Waals surface area contributed by atoms with Crippen LogP contribution in [-0.2, 0) is 30.4 Å². The van der Waals surface area contributed by atoms with Crippen LogP contribution < -0.4 is 21.7 Å². The van der Waals surface area contributed by atoms with E-state index in [9.17, 15) is 24.0 Å². The lowest BCUT2D eigenvalue weighted by Gasteiger charge is -2.23. The van der Waals surface area contributed by atoms with E-state index in [1.54, 1.807) is 30.3 Å². The van der Waals surface area contributed by atoms with Crippen molar-refractivity contribution in [2.75, 3.05) is 13.2 Å². The summed E-state index contributed by atoms with van der Waals surface area (Å²) in [6, 6.07) is 4.44. The zero-order chi connectivity index (χ0) is 22.7. The summed E-state index contributed by atoms with van der Waals surface area (Å²) in [7, 11) is 0. The lowest BCUT2D eigenvalue weighted by Crippen LogP contribution is -2.57. The fourth-order valence-electron chi connectivity index (χ4n) is 2.36. The number of carboxylic acid groups (broad SMARTS) is 2. The van der Waals surface area contributed by atoms with Crippen molar-refractivity contribution >= 4 is 29.7 Å². The third-order valence-corrected chi connectivity index (χ3v) is 3.87. The zero-order valence-corrected chi connectivity index (χ0v) is 15.9. The highest BCUT2D eigenvalue weighted by atomic mass is 16.4. The van der Waals surface area contributed by atoms with Crippen LogP contribution in [0.2, 0.25) is 0 Å². The number of aliphatic carboxylic acids is 2. The average Bonchev–Trinajstić information content (AvgIpc) is 2.70. The first-order valence-electron chi connectivity index (χ1n) is 8.86. The van der Waals surface area contributed by atoms with Crippen molar-refractivity contribution in [1.29, 1.82) is 0 Å². The molecule has 0 aliphatic carbocycles. The second-order valence-electron chi connectivity index (χ2n) is 6.31. The molecule has 8 N–H and O–H groups in total. The monoisotopic (exact) mass is 424 g/mol. The van der Waals surface area contributed by atoms with E-state index in [2.05, 4.69) is 10.6 Å². The molecule has 30 heavy (non-hydrogen) atoms. The van der Waals surface area contributed by atoms with Crippen LogP contribution in [-0.4, -0.2) is 76.3 Å². The van der Waals surface area contributed by atoms with E-state index in [0.29, 0.717) is 5.56 Å². The Morgan fingerprint density at radius 2 is 1.47 bits per heavy atom. The van der Waals surface area contributed by atoms with Gasteiger partial charge in [0.05, 0.1) is 13.0 Å². The van der Waals surface area contributed by atoms with Gasteiger partial charge in [0.2, 0.25) is 17.7 Å². The van der Waals surface area contributed by atoms with Crippen molar-refractivity contribution in [2.45, 2.75) is 31.0 Å². The summed E-state index contributed by atoms with van der Waals surface area (Å²) in [4.78, 5) is 58.5. The maximum Gasteiger partial charge on any atom is 0.322 e. The molecule has 3 atom stereocenters. The van der Waals surface area contributed by atoms with Crippen molar-refractivity contribution in [1.82, 2.24) is 16.0 Å². The van der Waals surface area contributed by atoms with Crippen molar-refractivity contribution in [2.24, 2.45) is 5.73 Å². The lowest BCUT2D eigenvalue weighted by atomic mass is 10.0. The number of carbonyl (C=O) groups is 5. The number of hydrogen-bond donors (Lipinski definition) is 7. The maximum absolute atomic E-state index is 12.7. The van der Waals surface area contributed by atoms with Gasteiger partial charge in [-0.2, -0.15) is 0 Å². The van der Waals surface area contributed by atoms with Gasteiger partial charge in [0.1, 0.15) is 24.7 Å². The number of aliphatic hydroxyl groups is 1. The van der Waals surface area contributed by atoms with E-state index in [0.717, 1.165) is 0 Å². The fourth-order valence-corrected chi connectivity index (χ4v) is 2.36. The number of nitrogens with one attached hydrogen (secondary N) is 3. The number of amides is 3. The fraction of sp³-hybridized carbons (Fsp3) is 0.389. The van der Waals surface area contributed by atoms with Crippen molar-refractivity contribution < 1.29 is 39.3 Å². The van der Waals surface area contributed by atoms with Crippen LogP contribution in [0, 0.1) is 0 Å². The van der Waals surface area contributed by atoms with Gasteiger partial charge in [0.15, 0.2) is 0 Å². The highest BCUT2D eigenvalue weighted by Gasteiger charge is 2.29. The standard InChI is InChI=1S/C18H24N4O8/c19-11(9-23)16(28)21-12(6-10-4-2-1-3-5-10)18(30)22-13(7-14(24)25)17(29)20-8-15(26)27/h1-5,11-13,23H,6-9,19H2,(H,20,29)(H,21,28)(H,22,30)(H,24,25)(H,26,27). The third kappa shape index (κ3) is 8.67. The molecule has 0 aliphatic heterocycles. The molecule has 0 saturated carbocycles. The van der Waals surface area contributed by atoms with Crippen LogP contribution in [0.25, 0.3) is 0 Å². The van der Waals surface area contributed by atoms with E-state index in [-0.39, 0.29) is 6.42 Å². The molecule has 0 saturated heterocycles. The van der Waals surface area contributed by atoms with Crippen molar-refractivity contribution in [3.63, 3.8) is 0 Å². The first kappa shape index (κ1) is 24.5. The number of benzene rings is 1. The number of carbonyl (C=O) groups excluding carboxylic acids is 3. The van der Waals surface area contributed by atoms with Gasteiger partial charge < -0.3 is 37.0 Å². The summed E-state index contributed by atoms with van der Waals surface area (Å²) < 4.78 is 0. The summed E-state index contributed by atoms with van der Waals surface area (Å²) in [5, 5.41) is 33.2. The minimum Gasteiger partial charge on any atom is -0.481 e. The number of hydrogen-bond acceptors (Lipinski definition) is 7. The smallest absolute Gasteiger partial charge is 0.322 e. The SMILES string of the molecule is NC(CO)C(=O)NC(Cc1ccccc1)C(=O)NC(CC(=O)O)C(=O)NCC(=O)O. The molecule has 0 aliphatic rings. The molecule has 0 aromatic heterocycles. The van der Waals surface area contributed by atoms with Crippen LogP contribution in [0.1, 0.15) is 12.0 Å².